The normalized spacial score (nSPS) is 23.5. The van der Waals surface area contributed by atoms with Crippen LogP contribution in [0.15, 0.2) is 4.99 Å². The second-order valence-corrected chi connectivity index (χ2v) is 7.88. The van der Waals surface area contributed by atoms with E-state index in [-0.39, 0.29) is 11.9 Å². The van der Waals surface area contributed by atoms with Gasteiger partial charge in [0, 0.05) is 27.2 Å². The van der Waals surface area contributed by atoms with Crippen molar-refractivity contribution in [3.63, 3.8) is 0 Å². The van der Waals surface area contributed by atoms with Gasteiger partial charge >= 0.3 is 11.9 Å². The number of likely N-dealkylation sites (N-methyl/N-ethyl adjacent to an activating group) is 2. The van der Waals surface area contributed by atoms with Crippen molar-refractivity contribution in [1.82, 2.24) is 14.7 Å². The van der Waals surface area contributed by atoms with Gasteiger partial charge < -0.3 is 4.74 Å². The molecule has 8 nitrogen and oxygen atoms in total. The Kier molecular flexibility index (Phi) is 7.18. The number of amidine groups is 2. The molecule has 1 atom stereocenters. The molecule has 0 aromatic carbocycles. The lowest BCUT2D eigenvalue weighted by Gasteiger charge is -2.30. The van der Waals surface area contributed by atoms with E-state index in [9.17, 15) is 9.59 Å². The maximum atomic E-state index is 12.9. The zero-order chi connectivity index (χ0) is 20.1. The Morgan fingerprint density at radius 1 is 1.04 bits per heavy atom. The molecule has 0 aliphatic carbocycles. The number of fused-ring (bicyclic) bond motifs is 1. The second kappa shape index (κ2) is 9.60. The van der Waals surface area contributed by atoms with Crippen LogP contribution in [0.25, 0.3) is 0 Å². The zero-order valence-electron chi connectivity index (χ0n) is 17.5. The van der Waals surface area contributed by atoms with E-state index in [1.165, 1.54) is 35.5 Å². The molecular weight excluding hydrogens is 358 g/mol. The first-order valence-corrected chi connectivity index (χ1v) is 10.6. The van der Waals surface area contributed by atoms with Crippen molar-refractivity contribution >= 4 is 23.6 Å². The van der Waals surface area contributed by atoms with Crippen LogP contribution in [0.2, 0.25) is 0 Å². The average molecular weight is 393 g/mol. The van der Waals surface area contributed by atoms with E-state index in [4.69, 9.17) is 9.73 Å². The summed E-state index contributed by atoms with van der Waals surface area (Å²) in [5.74, 6) is 1.30. The summed E-state index contributed by atoms with van der Waals surface area (Å²) in [6, 6.07) is -0.786. The minimum Gasteiger partial charge on any atom is -0.379 e. The molecule has 2 fully saturated rings. The maximum absolute atomic E-state index is 12.9. The second-order valence-electron chi connectivity index (χ2n) is 7.88. The number of hydrogen-bond donors (Lipinski definition) is 0. The largest absolute Gasteiger partial charge is 0.379 e. The Balaban J connectivity index is 1.74. The SMILES string of the molecule is CCCCCCCC[N+]1=C(CN2CCOCC2)N=C2C1C(=O)N(C)C(=O)N2C. The third kappa shape index (κ3) is 4.43. The number of morpholine rings is 1. The average Bonchev–Trinajstić information content (AvgIpc) is 3.06. The van der Waals surface area contributed by atoms with Gasteiger partial charge in [0.1, 0.15) is 6.54 Å². The molecule has 2 saturated heterocycles. The fourth-order valence-corrected chi connectivity index (χ4v) is 4.05. The third-order valence-corrected chi connectivity index (χ3v) is 5.83. The molecule has 1 unspecified atom stereocenters. The van der Waals surface area contributed by atoms with Gasteiger partial charge in [-0.25, -0.2) is 9.37 Å². The Hall–Kier alpha value is -1.80. The first kappa shape index (κ1) is 20.9. The van der Waals surface area contributed by atoms with Crippen molar-refractivity contribution in [3.8, 4) is 0 Å². The van der Waals surface area contributed by atoms with Crippen molar-refractivity contribution in [2.75, 3.05) is 53.5 Å². The smallest absolute Gasteiger partial charge is 0.333 e. The Bertz CT molecular complexity index is 654. The van der Waals surface area contributed by atoms with E-state index in [0.717, 1.165) is 51.5 Å². The van der Waals surface area contributed by atoms with Crippen LogP contribution < -0.4 is 0 Å². The predicted octanol–water partition coefficient (Wildman–Crippen LogP) is 1.39. The van der Waals surface area contributed by atoms with Crippen LogP contribution in [0.1, 0.15) is 45.4 Å². The number of carbonyl (C=O) groups excluding carboxylic acids is 2. The highest BCUT2D eigenvalue weighted by atomic mass is 16.5. The van der Waals surface area contributed by atoms with Gasteiger partial charge in [-0.15, -0.1) is 0 Å². The topological polar surface area (TPSA) is 68.5 Å². The first-order chi connectivity index (χ1) is 13.5. The molecule has 3 aliphatic rings. The van der Waals surface area contributed by atoms with Gasteiger partial charge in [0.2, 0.25) is 0 Å². The van der Waals surface area contributed by atoms with Crippen LogP contribution in [0, 0.1) is 0 Å². The summed E-state index contributed by atoms with van der Waals surface area (Å²) in [4.78, 5) is 35.0. The number of nitrogens with zero attached hydrogens (tertiary/aromatic N) is 5. The van der Waals surface area contributed by atoms with Crippen LogP contribution in [0.3, 0.4) is 0 Å². The van der Waals surface area contributed by atoms with E-state index in [2.05, 4.69) is 16.4 Å². The highest BCUT2D eigenvalue weighted by Gasteiger charge is 2.52. The molecule has 3 heterocycles. The number of amides is 3. The minimum atomic E-state index is -0.473. The molecule has 156 valence electrons. The van der Waals surface area contributed by atoms with Crippen molar-refractivity contribution in [3.05, 3.63) is 0 Å². The van der Waals surface area contributed by atoms with Crippen LogP contribution >= 0.6 is 0 Å². The van der Waals surface area contributed by atoms with Gasteiger partial charge in [-0.1, -0.05) is 32.6 Å². The molecule has 8 heteroatoms. The number of rotatable bonds is 9. The lowest BCUT2D eigenvalue weighted by atomic mass is 10.1. The number of ether oxygens (including phenoxy) is 1. The molecule has 0 spiro atoms. The predicted molar refractivity (Wildman–Crippen MR) is 108 cm³/mol. The van der Waals surface area contributed by atoms with E-state index < -0.39 is 6.04 Å². The summed E-state index contributed by atoms with van der Waals surface area (Å²) in [7, 11) is 3.26. The standard InChI is InChI=1S/C20H34N5O3/c1-4-5-6-7-8-9-10-25-16(15-24-11-13-28-14-12-24)21-18-17(25)19(26)23(3)20(27)22(18)2/h17H,4-15H2,1-3H3/q+1. The van der Waals surface area contributed by atoms with Crippen LogP contribution in [-0.2, 0) is 9.53 Å². The van der Waals surface area contributed by atoms with Crippen molar-refractivity contribution < 1.29 is 18.9 Å². The van der Waals surface area contributed by atoms with Gasteiger partial charge in [0.05, 0.1) is 19.8 Å². The lowest BCUT2D eigenvalue weighted by molar-refractivity contribution is -0.537. The quantitative estimate of drug-likeness (QED) is 0.439. The highest BCUT2D eigenvalue weighted by molar-refractivity contribution is 6.23. The summed E-state index contributed by atoms with van der Waals surface area (Å²) >= 11 is 0. The molecule has 28 heavy (non-hydrogen) atoms. The summed E-state index contributed by atoms with van der Waals surface area (Å²) in [5.41, 5.74) is 0. The Morgan fingerprint density at radius 3 is 2.43 bits per heavy atom. The number of carbonyl (C=O) groups is 2. The van der Waals surface area contributed by atoms with Gasteiger partial charge in [-0.2, -0.15) is 0 Å². The number of urea groups is 1. The Morgan fingerprint density at radius 2 is 1.71 bits per heavy atom. The zero-order valence-corrected chi connectivity index (χ0v) is 17.5. The van der Waals surface area contributed by atoms with Crippen LogP contribution in [0.5, 0.6) is 0 Å². The Labute approximate surface area is 167 Å². The molecule has 0 aromatic rings. The van der Waals surface area contributed by atoms with Crippen LogP contribution in [-0.4, -0.2) is 102 Å². The van der Waals surface area contributed by atoms with E-state index in [1.54, 1.807) is 14.1 Å². The van der Waals surface area contributed by atoms with Crippen LogP contribution in [0.4, 0.5) is 4.79 Å². The fourth-order valence-electron chi connectivity index (χ4n) is 4.05. The number of hydrogen-bond acceptors (Lipinski definition) is 5. The van der Waals surface area contributed by atoms with Gasteiger partial charge in [-0.05, 0) is 17.8 Å². The molecule has 0 bridgehead atoms. The third-order valence-electron chi connectivity index (χ3n) is 5.83. The summed E-state index contributed by atoms with van der Waals surface area (Å²) < 4.78 is 7.58. The number of imide groups is 1. The van der Waals surface area contributed by atoms with E-state index in [0.29, 0.717) is 12.4 Å². The molecule has 0 saturated carbocycles. The molecule has 0 N–H and O–H groups in total. The summed E-state index contributed by atoms with van der Waals surface area (Å²) in [6.07, 6.45) is 7.21. The van der Waals surface area contributed by atoms with Gasteiger partial charge in [-0.3, -0.25) is 19.5 Å². The van der Waals surface area contributed by atoms with Gasteiger partial charge in [0.25, 0.3) is 17.8 Å². The van der Waals surface area contributed by atoms with Crippen molar-refractivity contribution in [2.24, 2.45) is 4.99 Å². The van der Waals surface area contributed by atoms with Crippen molar-refractivity contribution in [2.45, 2.75) is 51.5 Å². The summed E-state index contributed by atoms with van der Waals surface area (Å²) in [6.45, 7) is 6.90. The maximum Gasteiger partial charge on any atom is 0.333 e. The fraction of sp³-hybridized carbons (Fsp3) is 0.800. The molecule has 3 rings (SSSR count). The summed E-state index contributed by atoms with van der Waals surface area (Å²) in [5, 5.41) is 0. The number of aliphatic imine (C=N–C) groups is 1. The highest BCUT2D eigenvalue weighted by Crippen LogP contribution is 2.20. The molecule has 3 aliphatic heterocycles. The monoisotopic (exact) mass is 392 g/mol. The van der Waals surface area contributed by atoms with E-state index >= 15 is 0 Å². The molecule has 0 radical (unpaired) electrons. The minimum absolute atomic E-state index is 0.176. The van der Waals surface area contributed by atoms with E-state index in [1.807, 2.05) is 0 Å². The first-order valence-electron chi connectivity index (χ1n) is 10.6. The van der Waals surface area contributed by atoms with Gasteiger partial charge in [0.15, 0.2) is 0 Å². The van der Waals surface area contributed by atoms with Crippen molar-refractivity contribution in [1.29, 1.82) is 0 Å². The molecule has 0 aromatic heterocycles. The lowest BCUT2D eigenvalue weighted by Crippen LogP contribution is -2.61. The molecule has 3 amide bonds. The number of unbranched alkanes of at least 4 members (excludes halogenated alkanes) is 5. The molecular formula is C20H34N5O3+.